The Morgan fingerprint density at radius 3 is 2.52 bits per heavy atom. The molecule has 1 aliphatic heterocycles. The predicted octanol–water partition coefficient (Wildman–Crippen LogP) is -1.22. The fourth-order valence-corrected chi connectivity index (χ4v) is 3.08. The lowest BCUT2D eigenvalue weighted by Crippen LogP contribution is -2.58. The molecule has 1 saturated heterocycles. The summed E-state index contributed by atoms with van der Waals surface area (Å²) in [4.78, 5) is 13.0. The highest BCUT2D eigenvalue weighted by Gasteiger charge is 2.43. The van der Waals surface area contributed by atoms with Crippen molar-refractivity contribution in [1.29, 1.82) is 0 Å². The molecular formula is C13H27N3O5. The van der Waals surface area contributed by atoms with Gasteiger partial charge in [-0.25, -0.2) is 4.90 Å². The molecule has 0 aromatic carbocycles. The number of rotatable bonds is 7. The van der Waals surface area contributed by atoms with Gasteiger partial charge in [-0.1, -0.05) is 20.3 Å². The fraction of sp³-hybridized carbons (Fsp3) is 0.923. The zero-order valence-corrected chi connectivity index (χ0v) is 12.5. The van der Waals surface area contributed by atoms with Crippen molar-refractivity contribution in [3.8, 4) is 0 Å². The number of nitrogens with one attached hydrogen (secondary N) is 1. The molecule has 124 valence electrons. The van der Waals surface area contributed by atoms with Crippen LogP contribution in [0.3, 0.4) is 0 Å². The Kier molecular flexibility index (Phi) is 6.98. The number of hydrogen-bond donors (Lipinski definition) is 6. The Morgan fingerprint density at radius 1 is 1.43 bits per heavy atom. The van der Waals surface area contributed by atoms with Crippen molar-refractivity contribution in [1.82, 2.24) is 10.4 Å². The third-order valence-electron chi connectivity index (χ3n) is 4.44. The third kappa shape index (κ3) is 4.35. The van der Waals surface area contributed by atoms with E-state index in [2.05, 4.69) is 0 Å². The summed E-state index contributed by atoms with van der Waals surface area (Å²) in [5.74, 6) is -1.36. The average Bonchev–Trinajstić information content (AvgIpc) is 2.45. The molecule has 1 aliphatic rings. The molecule has 8 nitrogen and oxygen atoms in total. The van der Waals surface area contributed by atoms with Crippen LogP contribution in [0.2, 0.25) is 0 Å². The average molecular weight is 305 g/mol. The van der Waals surface area contributed by atoms with Crippen LogP contribution in [-0.2, 0) is 4.79 Å². The number of amides is 1. The van der Waals surface area contributed by atoms with E-state index in [4.69, 9.17) is 10.9 Å². The van der Waals surface area contributed by atoms with Crippen LogP contribution < -0.4 is 11.2 Å². The summed E-state index contributed by atoms with van der Waals surface area (Å²) in [7, 11) is 0. The van der Waals surface area contributed by atoms with Crippen molar-refractivity contribution in [2.45, 2.75) is 51.8 Å². The van der Waals surface area contributed by atoms with E-state index in [-0.39, 0.29) is 12.5 Å². The quantitative estimate of drug-likeness (QED) is 0.256. The van der Waals surface area contributed by atoms with Crippen LogP contribution in [0.1, 0.15) is 33.1 Å². The van der Waals surface area contributed by atoms with E-state index in [1.807, 2.05) is 13.8 Å². The van der Waals surface area contributed by atoms with Crippen molar-refractivity contribution < 1.29 is 25.3 Å². The van der Waals surface area contributed by atoms with E-state index < -0.39 is 36.4 Å². The minimum Gasteiger partial charge on any atom is -0.378 e. The van der Waals surface area contributed by atoms with E-state index in [0.29, 0.717) is 12.8 Å². The maximum atomic E-state index is 11.7. The van der Waals surface area contributed by atoms with Gasteiger partial charge in [0.25, 0.3) is 0 Å². The number of nitrogens with zero attached hydrogens (tertiary/aromatic N) is 1. The number of carbonyl (C=O) groups is 1. The second-order valence-electron chi connectivity index (χ2n) is 5.79. The summed E-state index contributed by atoms with van der Waals surface area (Å²) >= 11 is 0. The number of primary amides is 1. The number of hydrogen-bond acceptors (Lipinski definition) is 7. The summed E-state index contributed by atoms with van der Waals surface area (Å²) in [6.45, 7) is 3.69. The summed E-state index contributed by atoms with van der Waals surface area (Å²) < 4.78 is 0. The van der Waals surface area contributed by atoms with Gasteiger partial charge in [-0.15, -0.1) is 0 Å². The Hall–Kier alpha value is -0.770. The summed E-state index contributed by atoms with van der Waals surface area (Å²) in [6, 6.07) is 0. The molecule has 21 heavy (non-hydrogen) atoms. The Bertz CT molecular complexity index is 344. The maximum absolute atomic E-state index is 11.7. The van der Waals surface area contributed by atoms with Crippen LogP contribution >= 0.6 is 0 Å². The van der Waals surface area contributed by atoms with Crippen LogP contribution in [0.5, 0.6) is 0 Å². The van der Waals surface area contributed by atoms with Gasteiger partial charge in [0.1, 0.15) is 18.7 Å². The lowest BCUT2D eigenvalue weighted by Gasteiger charge is -2.45. The maximum Gasteiger partial charge on any atom is 0.221 e. The van der Waals surface area contributed by atoms with Gasteiger partial charge in [0.15, 0.2) is 0 Å². The minimum absolute atomic E-state index is 0.0140. The van der Waals surface area contributed by atoms with Gasteiger partial charge in [-0.05, 0) is 18.8 Å². The summed E-state index contributed by atoms with van der Waals surface area (Å²) in [6.07, 6.45) is -1.77. The molecule has 0 aliphatic carbocycles. The number of β-amino-alcohol motifs (C(OH)–C–C–N with tert-alkyl or cyclic N) is 1. The van der Waals surface area contributed by atoms with Gasteiger partial charge in [0.05, 0.1) is 0 Å². The van der Waals surface area contributed by atoms with E-state index in [1.165, 1.54) is 4.90 Å². The number of piperidine rings is 1. The molecule has 0 aromatic rings. The Balaban J connectivity index is 2.90. The highest BCUT2D eigenvalue weighted by Crippen LogP contribution is 2.35. The molecule has 6 atom stereocenters. The van der Waals surface area contributed by atoms with E-state index in [1.54, 1.807) is 5.48 Å². The van der Waals surface area contributed by atoms with E-state index >= 15 is 0 Å². The molecule has 0 bridgehead atoms. The lowest BCUT2D eigenvalue weighted by molar-refractivity contribution is -0.189. The van der Waals surface area contributed by atoms with E-state index in [0.717, 1.165) is 6.42 Å². The topological polar surface area (TPSA) is 139 Å². The number of likely N-dealkylation sites (tertiary alicyclic amines) is 1. The fourth-order valence-electron chi connectivity index (χ4n) is 3.08. The van der Waals surface area contributed by atoms with Crippen LogP contribution in [-0.4, -0.2) is 56.6 Å². The van der Waals surface area contributed by atoms with Crippen LogP contribution in [0.15, 0.2) is 0 Å². The largest absolute Gasteiger partial charge is 0.378 e. The number of aliphatic hydroxyl groups is 3. The molecule has 0 spiro atoms. The van der Waals surface area contributed by atoms with Crippen molar-refractivity contribution in [3.05, 3.63) is 0 Å². The molecule has 0 unspecified atom stereocenters. The van der Waals surface area contributed by atoms with Crippen LogP contribution in [0.25, 0.3) is 0 Å². The summed E-state index contributed by atoms with van der Waals surface area (Å²) in [5, 5.41) is 38.5. The summed E-state index contributed by atoms with van der Waals surface area (Å²) in [5.41, 5.74) is 7.14. The zero-order chi connectivity index (χ0) is 16.2. The number of aliphatic hydroxyl groups excluding tert-OH is 3. The van der Waals surface area contributed by atoms with Crippen molar-refractivity contribution in [2.24, 2.45) is 23.5 Å². The number of carbonyl (C=O) groups excluding carboxylic acids is 1. The van der Waals surface area contributed by atoms with Gasteiger partial charge in [0.2, 0.25) is 5.91 Å². The second kappa shape index (κ2) is 8.02. The van der Waals surface area contributed by atoms with E-state index in [9.17, 15) is 20.1 Å². The molecule has 1 heterocycles. The molecule has 0 radical (unpaired) electrons. The Labute approximate surface area is 124 Å². The van der Waals surface area contributed by atoms with Gasteiger partial charge < -0.3 is 26.3 Å². The van der Waals surface area contributed by atoms with Gasteiger partial charge >= 0.3 is 0 Å². The zero-order valence-electron chi connectivity index (χ0n) is 12.5. The molecule has 1 rings (SSSR count). The molecule has 1 fully saturated rings. The molecule has 8 heteroatoms. The molecule has 1 amide bonds. The van der Waals surface area contributed by atoms with Crippen LogP contribution in [0, 0.1) is 17.8 Å². The standard InChI is InChI=1S/C13H27N3O5/c1-3-7(2)11(12(14)19)8-4-5-10(18)16(13(8)20)6-9(17)15-21/h7-11,13,15,17-18,20-21H,3-6H2,1-2H3,(H2,14,19)/t7-,8-,9-,10-,11-,13-/m0/s1. The van der Waals surface area contributed by atoms with Crippen LogP contribution in [0.4, 0.5) is 0 Å². The highest BCUT2D eigenvalue weighted by molar-refractivity contribution is 5.77. The minimum atomic E-state index is -1.30. The Morgan fingerprint density at radius 2 is 2.05 bits per heavy atom. The van der Waals surface area contributed by atoms with Crippen molar-refractivity contribution in [3.63, 3.8) is 0 Å². The molecule has 7 N–H and O–H groups in total. The molecule has 0 saturated carbocycles. The lowest BCUT2D eigenvalue weighted by atomic mass is 9.75. The smallest absolute Gasteiger partial charge is 0.221 e. The van der Waals surface area contributed by atoms with Crippen molar-refractivity contribution in [2.75, 3.05) is 6.54 Å². The first kappa shape index (κ1) is 18.3. The van der Waals surface area contributed by atoms with Gasteiger partial charge in [-0.2, -0.15) is 5.48 Å². The first-order valence-electron chi connectivity index (χ1n) is 7.32. The van der Waals surface area contributed by atoms with Gasteiger partial charge in [-0.3, -0.25) is 4.79 Å². The van der Waals surface area contributed by atoms with Gasteiger partial charge in [0, 0.05) is 18.4 Å². The second-order valence-corrected chi connectivity index (χ2v) is 5.79. The highest BCUT2D eigenvalue weighted by atomic mass is 16.5. The monoisotopic (exact) mass is 305 g/mol. The number of nitrogens with two attached hydrogens (primary N) is 1. The molecular weight excluding hydrogens is 278 g/mol. The normalized spacial score (nSPS) is 31.6. The first-order valence-corrected chi connectivity index (χ1v) is 7.32. The third-order valence-corrected chi connectivity index (χ3v) is 4.44. The van der Waals surface area contributed by atoms with Crippen molar-refractivity contribution >= 4 is 5.91 Å². The SMILES string of the molecule is CC[C@H](C)[C@H](C(N)=O)[C@@H]1CC[C@H](O)N(C[C@H](O)NO)[C@H]1O. The predicted molar refractivity (Wildman–Crippen MR) is 74.5 cm³/mol. The first-order chi connectivity index (χ1) is 9.83. The molecule has 0 aromatic heterocycles. The number of hydroxylamine groups is 1.